The Labute approximate surface area is 76.3 Å². The van der Waals surface area contributed by atoms with E-state index in [1.54, 1.807) is 6.07 Å². The highest BCUT2D eigenvalue weighted by Gasteiger charge is 2.09. The predicted octanol–water partition coefficient (Wildman–Crippen LogP) is 0.871. The molecule has 0 aliphatic carbocycles. The third-order valence-corrected chi connectivity index (χ3v) is 4.26. The third kappa shape index (κ3) is 2.30. The normalized spacial score (nSPS) is 11.8. The molecule has 0 radical (unpaired) electrons. The molecule has 1 rings (SSSR count). The van der Waals surface area contributed by atoms with Crippen molar-refractivity contribution >= 4 is 21.2 Å². The maximum Gasteiger partial charge on any atom is 0.184 e. The van der Waals surface area contributed by atoms with E-state index in [-0.39, 0.29) is 0 Å². The van der Waals surface area contributed by atoms with Gasteiger partial charge in [-0.05, 0) is 19.2 Å². The maximum absolute atomic E-state index is 11.0. The first-order valence-corrected chi connectivity index (χ1v) is 6.18. The summed E-state index contributed by atoms with van der Waals surface area (Å²) in [5, 5.41) is 2.96. The Hall–Kier alpha value is -0.390. The average molecular weight is 205 g/mol. The van der Waals surface area contributed by atoms with Crippen molar-refractivity contribution in [3.8, 4) is 0 Å². The summed E-state index contributed by atoms with van der Waals surface area (Å²) in [6.07, 6.45) is 1.22. The van der Waals surface area contributed by atoms with Crippen LogP contribution in [0.15, 0.2) is 16.3 Å². The third-order valence-electron chi connectivity index (χ3n) is 1.35. The van der Waals surface area contributed by atoms with Gasteiger partial charge < -0.3 is 5.32 Å². The molecule has 0 saturated carbocycles. The topological polar surface area (TPSA) is 46.2 Å². The lowest BCUT2D eigenvalue weighted by atomic mass is 10.5. The first kappa shape index (κ1) is 9.70. The molecule has 0 amide bonds. The number of sulfone groups is 1. The van der Waals surface area contributed by atoms with Crippen LogP contribution in [0.1, 0.15) is 4.88 Å². The monoisotopic (exact) mass is 205 g/mol. The Bertz CT molecular complexity index is 353. The van der Waals surface area contributed by atoms with Crippen molar-refractivity contribution in [2.75, 3.05) is 13.3 Å². The molecule has 0 atom stereocenters. The van der Waals surface area contributed by atoms with Crippen molar-refractivity contribution in [1.82, 2.24) is 5.32 Å². The van der Waals surface area contributed by atoms with Gasteiger partial charge in [0, 0.05) is 17.7 Å². The second-order valence-electron chi connectivity index (χ2n) is 2.52. The number of thiophene rings is 1. The molecule has 0 fully saturated rings. The van der Waals surface area contributed by atoms with Crippen LogP contribution >= 0.6 is 11.3 Å². The Morgan fingerprint density at radius 3 is 2.58 bits per heavy atom. The number of hydrogen-bond acceptors (Lipinski definition) is 4. The maximum atomic E-state index is 11.0. The zero-order chi connectivity index (χ0) is 9.19. The predicted molar refractivity (Wildman–Crippen MR) is 50.2 cm³/mol. The van der Waals surface area contributed by atoms with Crippen LogP contribution < -0.4 is 5.32 Å². The molecule has 1 heterocycles. The molecule has 0 aliphatic rings. The van der Waals surface area contributed by atoms with E-state index in [0.717, 1.165) is 11.4 Å². The summed E-state index contributed by atoms with van der Waals surface area (Å²) in [6, 6.07) is 3.48. The highest BCUT2D eigenvalue weighted by atomic mass is 32.2. The summed E-state index contributed by atoms with van der Waals surface area (Å²) in [5.74, 6) is 0. The second kappa shape index (κ2) is 3.55. The number of rotatable bonds is 3. The fourth-order valence-electron chi connectivity index (χ4n) is 0.827. The molecule has 68 valence electrons. The van der Waals surface area contributed by atoms with E-state index in [2.05, 4.69) is 5.32 Å². The zero-order valence-electron chi connectivity index (χ0n) is 6.99. The summed E-state index contributed by atoms with van der Waals surface area (Å²) in [5.41, 5.74) is 0. The minimum absolute atomic E-state index is 0.438. The van der Waals surface area contributed by atoms with E-state index < -0.39 is 9.84 Å². The highest BCUT2D eigenvalue weighted by Crippen LogP contribution is 2.20. The van der Waals surface area contributed by atoms with Crippen LogP contribution in [-0.2, 0) is 16.4 Å². The first-order chi connectivity index (χ1) is 5.54. The minimum Gasteiger partial charge on any atom is -0.315 e. The van der Waals surface area contributed by atoms with Gasteiger partial charge in [-0.15, -0.1) is 11.3 Å². The first-order valence-electron chi connectivity index (χ1n) is 3.47. The molecular weight excluding hydrogens is 194 g/mol. The number of nitrogens with one attached hydrogen (secondary N) is 1. The van der Waals surface area contributed by atoms with Crippen LogP contribution in [0.25, 0.3) is 0 Å². The smallest absolute Gasteiger partial charge is 0.184 e. The molecule has 12 heavy (non-hydrogen) atoms. The van der Waals surface area contributed by atoms with Crippen LogP contribution in [0, 0.1) is 0 Å². The molecule has 5 heteroatoms. The van der Waals surface area contributed by atoms with Gasteiger partial charge in [0.05, 0.1) is 0 Å². The van der Waals surface area contributed by atoms with Gasteiger partial charge in [0.1, 0.15) is 4.21 Å². The molecule has 0 unspecified atom stereocenters. The minimum atomic E-state index is -3.01. The lowest BCUT2D eigenvalue weighted by Crippen LogP contribution is -2.02. The van der Waals surface area contributed by atoms with E-state index in [9.17, 15) is 8.42 Å². The van der Waals surface area contributed by atoms with Gasteiger partial charge in [-0.25, -0.2) is 8.42 Å². The quantitative estimate of drug-likeness (QED) is 0.796. The van der Waals surface area contributed by atoms with E-state index in [1.165, 1.54) is 17.6 Å². The van der Waals surface area contributed by atoms with Crippen molar-refractivity contribution in [1.29, 1.82) is 0 Å². The van der Waals surface area contributed by atoms with Gasteiger partial charge in [-0.2, -0.15) is 0 Å². The Morgan fingerprint density at radius 2 is 2.17 bits per heavy atom. The van der Waals surface area contributed by atoms with Crippen LogP contribution in [-0.4, -0.2) is 21.7 Å². The van der Waals surface area contributed by atoms with Crippen LogP contribution in [0.5, 0.6) is 0 Å². The Balaban J connectivity index is 2.92. The molecular formula is C7H11NO2S2. The molecule has 0 saturated heterocycles. The van der Waals surface area contributed by atoms with Crippen LogP contribution in [0.3, 0.4) is 0 Å². The van der Waals surface area contributed by atoms with Gasteiger partial charge in [0.25, 0.3) is 0 Å². The summed E-state index contributed by atoms with van der Waals surface area (Å²) in [7, 11) is -1.18. The van der Waals surface area contributed by atoms with Crippen molar-refractivity contribution < 1.29 is 8.42 Å². The van der Waals surface area contributed by atoms with E-state index >= 15 is 0 Å². The van der Waals surface area contributed by atoms with E-state index in [1.807, 2.05) is 13.1 Å². The molecule has 1 aromatic heterocycles. The SMILES string of the molecule is CNCc1ccc(S(C)(=O)=O)s1. The average Bonchev–Trinajstić information content (AvgIpc) is 2.35. The number of hydrogen-bond donors (Lipinski definition) is 1. The second-order valence-corrected chi connectivity index (χ2v) is 5.93. The Morgan fingerprint density at radius 1 is 1.50 bits per heavy atom. The van der Waals surface area contributed by atoms with Crippen molar-refractivity contribution in [2.45, 2.75) is 10.8 Å². The summed E-state index contributed by atoms with van der Waals surface area (Å²) < 4.78 is 22.5. The molecule has 0 aliphatic heterocycles. The van der Waals surface area contributed by atoms with E-state index in [0.29, 0.717) is 4.21 Å². The molecule has 0 aromatic carbocycles. The molecule has 0 bridgehead atoms. The van der Waals surface area contributed by atoms with Crippen LogP contribution in [0.4, 0.5) is 0 Å². The van der Waals surface area contributed by atoms with Gasteiger partial charge in [0.15, 0.2) is 9.84 Å². The van der Waals surface area contributed by atoms with Crippen LogP contribution in [0.2, 0.25) is 0 Å². The van der Waals surface area contributed by atoms with E-state index in [4.69, 9.17) is 0 Å². The van der Waals surface area contributed by atoms with Crippen molar-refractivity contribution in [3.05, 3.63) is 17.0 Å². The Kier molecular flexibility index (Phi) is 2.87. The van der Waals surface area contributed by atoms with Crippen molar-refractivity contribution in [3.63, 3.8) is 0 Å². The molecule has 1 N–H and O–H groups in total. The standard InChI is InChI=1S/C7H11NO2S2/c1-8-5-6-3-4-7(11-6)12(2,9)10/h3-4,8H,5H2,1-2H3. The summed E-state index contributed by atoms with van der Waals surface area (Å²) in [6.45, 7) is 0.722. The van der Waals surface area contributed by atoms with Gasteiger partial charge in [-0.1, -0.05) is 0 Å². The lowest BCUT2D eigenvalue weighted by Gasteiger charge is -1.92. The zero-order valence-corrected chi connectivity index (χ0v) is 8.63. The largest absolute Gasteiger partial charge is 0.315 e. The molecule has 3 nitrogen and oxygen atoms in total. The molecule has 0 spiro atoms. The molecule has 1 aromatic rings. The lowest BCUT2D eigenvalue weighted by molar-refractivity contribution is 0.604. The summed E-state index contributed by atoms with van der Waals surface area (Å²) in [4.78, 5) is 1.04. The van der Waals surface area contributed by atoms with Gasteiger partial charge >= 0.3 is 0 Å². The fraction of sp³-hybridized carbons (Fsp3) is 0.429. The fourth-order valence-corrected chi connectivity index (χ4v) is 2.82. The van der Waals surface area contributed by atoms with Crippen molar-refractivity contribution in [2.24, 2.45) is 0 Å². The summed E-state index contributed by atoms with van der Waals surface area (Å²) >= 11 is 1.31. The van der Waals surface area contributed by atoms with Gasteiger partial charge in [-0.3, -0.25) is 0 Å². The van der Waals surface area contributed by atoms with Gasteiger partial charge in [0.2, 0.25) is 0 Å². The highest BCUT2D eigenvalue weighted by molar-refractivity contribution is 7.92.